The predicted molar refractivity (Wildman–Crippen MR) is 157 cm³/mol. The Balaban J connectivity index is 1.81. The molecule has 0 atom stereocenters. The minimum absolute atomic E-state index is 0.109. The summed E-state index contributed by atoms with van der Waals surface area (Å²) in [5.74, 6) is -0.161. The summed E-state index contributed by atoms with van der Waals surface area (Å²) < 4.78 is 4.41. The molecule has 0 aliphatic rings. The van der Waals surface area contributed by atoms with E-state index in [1.165, 1.54) is 0 Å². The largest absolute Gasteiger partial charge is 0.342 e. The molecule has 0 aliphatic heterocycles. The first-order valence-corrected chi connectivity index (χ1v) is 13.7. The molecule has 0 saturated heterocycles. The van der Waals surface area contributed by atoms with Crippen LogP contribution >= 0.6 is 0 Å². The highest BCUT2D eigenvalue weighted by atomic mass is 16.2. The molecule has 3 heterocycles. The summed E-state index contributed by atoms with van der Waals surface area (Å²) in [5, 5.41) is 7.42. The third-order valence-corrected chi connectivity index (χ3v) is 7.22. The lowest BCUT2D eigenvalue weighted by Crippen LogP contribution is -2.45. The summed E-state index contributed by atoms with van der Waals surface area (Å²) in [6, 6.07) is 17.9. The third-order valence-electron chi connectivity index (χ3n) is 7.22. The number of nitrogens with zero attached hydrogens (tertiary/aromatic N) is 6. The molecule has 0 unspecified atom stereocenters. The highest BCUT2D eigenvalue weighted by molar-refractivity contribution is 5.91. The number of amides is 1. The highest BCUT2D eigenvalue weighted by Gasteiger charge is 2.25. The van der Waals surface area contributed by atoms with E-state index in [0.29, 0.717) is 42.9 Å². The molecule has 0 N–H and O–H groups in total. The molecule has 40 heavy (non-hydrogen) atoms. The second-order valence-corrected chi connectivity index (χ2v) is 10.3. The van der Waals surface area contributed by atoms with Crippen molar-refractivity contribution in [3.8, 4) is 11.3 Å². The van der Waals surface area contributed by atoms with Crippen LogP contribution in [0.2, 0.25) is 0 Å². The summed E-state index contributed by atoms with van der Waals surface area (Å²) in [5.41, 5.74) is 1.67. The van der Waals surface area contributed by atoms with E-state index >= 15 is 0 Å². The van der Waals surface area contributed by atoms with Crippen molar-refractivity contribution in [2.75, 3.05) is 13.1 Å². The fourth-order valence-corrected chi connectivity index (χ4v) is 5.28. The molecule has 0 bridgehead atoms. The van der Waals surface area contributed by atoms with Gasteiger partial charge in [-0.1, -0.05) is 56.3 Å². The maximum atomic E-state index is 14.1. The molecule has 3 aromatic heterocycles. The second-order valence-electron chi connectivity index (χ2n) is 10.3. The topological polar surface area (TPSA) is 95.0 Å². The summed E-state index contributed by atoms with van der Waals surface area (Å²) in [4.78, 5) is 46.7. The van der Waals surface area contributed by atoms with Crippen molar-refractivity contribution in [1.82, 2.24) is 28.8 Å². The van der Waals surface area contributed by atoms with Crippen molar-refractivity contribution in [3.05, 3.63) is 93.4 Å². The van der Waals surface area contributed by atoms with Crippen LogP contribution in [0.15, 0.2) is 76.6 Å². The normalized spacial score (nSPS) is 11.5. The van der Waals surface area contributed by atoms with Crippen molar-refractivity contribution in [2.45, 2.75) is 47.3 Å². The van der Waals surface area contributed by atoms with E-state index in [-0.39, 0.29) is 18.4 Å². The SMILES string of the molecule is CCN(CC)C(=O)Cn1c(=O)c2c(-c3ccncc3)n(Cc3cccc4ccccc34)nc2n(CC(C)C)c1=O. The van der Waals surface area contributed by atoms with Gasteiger partial charge in [-0.25, -0.2) is 4.79 Å². The maximum absolute atomic E-state index is 14.1. The fourth-order valence-electron chi connectivity index (χ4n) is 5.28. The van der Waals surface area contributed by atoms with Gasteiger partial charge in [-0.2, -0.15) is 5.10 Å². The first-order valence-electron chi connectivity index (χ1n) is 13.7. The van der Waals surface area contributed by atoms with Gasteiger partial charge in [0.15, 0.2) is 5.65 Å². The van der Waals surface area contributed by atoms with Gasteiger partial charge in [0.2, 0.25) is 5.91 Å². The smallest absolute Gasteiger partial charge is 0.333 e. The van der Waals surface area contributed by atoms with E-state index in [2.05, 4.69) is 23.2 Å². The molecule has 5 rings (SSSR count). The predicted octanol–water partition coefficient (Wildman–Crippen LogP) is 4.15. The van der Waals surface area contributed by atoms with Crippen LogP contribution in [-0.2, 0) is 24.4 Å². The van der Waals surface area contributed by atoms with Gasteiger partial charge in [-0.05, 0) is 48.2 Å². The quantitative estimate of drug-likeness (QED) is 0.281. The van der Waals surface area contributed by atoms with Crippen LogP contribution in [0.25, 0.3) is 33.1 Å². The lowest BCUT2D eigenvalue weighted by Gasteiger charge is -2.19. The standard InChI is InChI=1S/C31H34N6O3/c1-5-34(6-2)26(38)20-36-30(39)27-28(23-14-16-32-17-15-23)37(33-29(27)35(31(36)40)18-21(3)4)19-24-12-9-11-22-10-7-8-13-25(22)24/h7-17,21H,5-6,18-20H2,1-4H3. The number of rotatable bonds is 9. The number of hydrogen-bond acceptors (Lipinski definition) is 5. The van der Waals surface area contributed by atoms with Crippen molar-refractivity contribution in [1.29, 1.82) is 0 Å². The maximum Gasteiger partial charge on any atom is 0.333 e. The van der Waals surface area contributed by atoms with Crippen LogP contribution in [0, 0.1) is 5.92 Å². The molecule has 1 amide bonds. The van der Waals surface area contributed by atoms with Crippen LogP contribution < -0.4 is 11.2 Å². The number of benzene rings is 2. The molecule has 9 heteroatoms. The number of fused-ring (bicyclic) bond motifs is 2. The van der Waals surface area contributed by atoms with Gasteiger partial charge in [-0.3, -0.25) is 28.4 Å². The number of carbonyl (C=O) groups is 1. The Labute approximate surface area is 232 Å². The fraction of sp³-hybridized carbons (Fsp3) is 0.323. The van der Waals surface area contributed by atoms with Gasteiger partial charge < -0.3 is 4.90 Å². The first kappa shape index (κ1) is 27.1. The molecular formula is C31H34N6O3. The monoisotopic (exact) mass is 538 g/mol. The average molecular weight is 539 g/mol. The van der Waals surface area contributed by atoms with Crippen LogP contribution in [0.1, 0.15) is 33.3 Å². The van der Waals surface area contributed by atoms with E-state index in [9.17, 15) is 14.4 Å². The minimum Gasteiger partial charge on any atom is -0.342 e. The van der Waals surface area contributed by atoms with E-state index in [4.69, 9.17) is 5.10 Å². The first-order chi connectivity index (χ1) is 19.3. The molecule has 0 spiro atoms. The zero-order valence-corrected chi connectivity index (χ0v) is 23.4. The van der Waals surface area contributed by atoms with Crippen molar-refractivity contribution in [3.63, 3.8) is 0 Å². The zero-order valence-electron chi connectivity index (χ0n) is 23.4. The zero-order chi connectivity index (χ0) is 28.4. The van der Waals surface area contributed by atoms with E-state index in [1.807, 2.05) is 64.1 Å². The minimum atomic E-state index is -0.525. The molecule has 0 saturated carbocycles. The van der Waals surface area contributed by atoms with Crippen LogP contribution in [0.5, 0.6) is 0 Å². The molecule has 2 aromatic carbocycles. The Morgan fingerprint density at radius 1 is 0.925 bits per heavy atom. The molecule has 5 aromatic rings. The number of aromatic nitrogens is 5. The van der Waals surface area contributed by atoms with Gasteiger partial charge in [0.25, 0.3) is 5.56 Å². The van der Waals surface area contributed by atoms with E-state index < -0.39 is 11.2 Å². The Morgan fingerprint density at radius 2 is 1.62 bits per heavy atom. The molecule has 206 valence electrons. The van der Waals surface area contributed by atoms with E-state index in [1.54, 1.807) is 26.5 Å². The molecule has 0 aliphatic carbocycles. The van der Waals surface area contributed by atoms with Gasteiger partial charge in [0.05, 0.1) is 12.2 Å². The molecule has 0 fully saturated rings. The molecule has 9 nitrogen and oxygen atoms in total. The summed E-state index contributed by atoms with van der Waals surface area (Å²) >= 11 is 0. The Kier molecular flexibility index (Phi) is 7.64. The van der Waals surface area contributed by atoms with Crippen molar-refractivity contribution in [2.24, 2.45) is 5.92 Å². The number of likely N-dealkylation sites (N-methyl/N-ethyl adjacent to an activating group) is 1. The Morgan fingerprint density at radius 3 is 2.33 bits per heavy atom. The van der Waals surface area contributed by atoms with Crippen LogP contribution in [-0.4, -0.2) is 47.8 Å². The van der Waals surface area contributed by atoms with Gasteiger partial charge in [0.1, 0.15) is 11.9 Å². The second kappa shape index (κ2) is 11.3. The Hall–Kier alpha value is -4.53. The van der Waals surface area contributed by atoms with Gasteiger partial charge >= 0.3 is 5.69 Å². The highest BCUT2D eigenvalue weighted by Crippen LogP contribution is 2.28. The summed E-state index contributed by atoms with van der Waals surface area (Å²) in [6.45, 7) is 9.19. The third kappa shape index (κ3) is 4.95. The Bertz CT molecular complexity index is 1790. The lowest BCUT2D eigenvalue weighted by molar-refractivity contribution is -0.131. The number of hydrogen-bond donors (Lipinski definition) is 0. The van der Waals surface area contributed by atoms with Crippen molar-refractivity contribution < 1.29 is 4.79 Å². The van der Waals surface area contributed by atoms with E-state index in [0.717, 1.165) is 26.5 Å². The van der Waals surface area contributed by atoms with Gasteiger partial charge in [0, 0.05) is 37.6 Å². The van der Waals surface area contributed by atoms with Gasteiger partial charge in [-0.15, -0.1) is 0 Å². The van der Waals surface area contributed by atoms with Crippen LogP contribution in [0.3, 0.4) is 0 Å². The van der Waals surface area contributed by atoms with Crippen molar-refractivity contribution >= 4 is 27.7 Å². The average Bonchev–Trinajstić information content (AvgIpc) is 3.33. The lowest BCUT2D eigenvalue weighted by atomic mass is 10.0. The molecule has 0 radical (unpaired) electrons. The van der Waals surface area contributed by atoms with Crippen LogP contribution in [0.4, 0.5) is 0 Å². The number of carbonyl (C=O) groups excluding carboxylic acids is 1. The summed E-state index contributed by atoms with van der Waals surface area (Å²) in [7, 11) is 0. The molecular weight excluding hydrogens is 504 g/mol. The number of pyridine rings is 1. The summed E-state index contributed by atoms with van der Waals surface area (Å²) in [6.07, 6.45) is 3.34.